The van der Waals surface area contributed by atoms with E-state index in [1.165, 1.54) is 116 Å². The Hall–Kier alpha value is -0.710. The van der Waals surface area contributed by atoms with Crippen LogP contribution < -0.4 is 0 Å². The summed E-state index contributed by atoms with van der Waals surface area (Å²) >= 11 is 1.92. The third-order valence-electron chi connectivity index (χ3n) is 7.36. The summed E-state index contributed by atoms with van der Waals surface area (Å²) in [5.41, 5.74) is 0. The number of ether oxygens (including phenoxy) is 2. The maximum absolute atomic E-state index is 11.9. The zero-order valence-corrected chi connectivity index (χ0v) is 27.1. The molecule has 0 rings (SSSR count). The third kappa shape index (κ3) is 33.4. The summed E-state index contributed by atoms with van der Waals surface area (Å²) in [4.78, 5) is 23.7. The molecule has 0 aromatic carbocycles. The molecule has 0 aromatic rings. The standard InChI is InChI=1S/C34H66O4S/c1-3-5-7-9-11-13-15-17-19-23-29-37-33(35)27-21-25-31-39-32-26-22-28-34(36)38-30-24-20-18-16-14-12-10-8-6-4-2/h3-32H2,1-2H3. The molecular weight excluding hydrogens is 504 g/mol. The molecule has 0 spiro atoms. The van der Waals surface area contributed by atoms with E-state index in [1.807, 2.05) is 11.8 Å². The number of unbranched alkanes of at least 4 members (excludes halogenated alkanes) is 20. The summed E-state index contributed by atoms with van der Waals surface area (Å²) in [6, 6.07) is 0. The zero-order chi connectivity index (χ0) is 28.5. The van der Waals surface area contributed by atoms with Crippen LogP contribution in [0, 0.1) is 0 Å². The topological polar surface area (TPSA) is 52.6 Å². The fraction of sp³-hybridized carbons (Fsp3) is 0.941. The van der Waals surface area contributed by atoms with Gasteiger partial charge in [0, 0.05) is 12.8 Å². The molecule has 0 saturated carbocycles. The first-order chi connectivity index (χ1) is 19.2. The zero-order valence-electron chi connectivity index (χ0n) is 26.3. The van der Waals surface area contributed by atoms with Crippen LogP contribution in [-0.2, 0) is 19.1 Å². The van der Waals surface area contributed by atoms with Crippen LogP contribution in [0.25, 0.3) is 0 Å². The van der Waals surface area contributed by atoms with Gasteiger partial charge in [0.15, 0.2) is 0 Å². The molecule has 0 radical (unpaired) electrons. The van der Waals surface area contributed by atoms with E-state index in [4.69, 9.17) is 9.47 Å². The Morgan fingerprint density at radius 3 is 1.05 bits per heavy atom. The van der Waals surface area contributed by atoms with E-state index in [2.05, 4.69) is 13.8 Å². The Morgan fingerprint density at radius 1 is 0.410 bits per heavy atom. The maximum Gasteiger partial charge on any atom is 0.305 e. The molecular formula is C34H66O4S. The molecule has 0 amide bonds. The van der Waals surface area contributed by atoms with Crippen molar-refractivity contribution in [3.05, 3.63) is 0 Å². The Bertz CT molecular complexity index is 467. The number of thioether (sulfide) groups is 1. The van der Waals surface area contributed by atoms with Crippen LogP contribution >= 0.6 is 11.8 Å². The molecule has 0 heterocycles. The van der Waals surface area contributed by atoms with Gasteiger partial charge < -0.3 is 9.47 Å². The molecule has 0 saturated heterocycles. The third-order valence-corrected chi connectivity index (χ3v) is 8.52. The van der Waals surface area contributed by atoms with Crippen molar-refractivity contribution in [1.29, 1.82) is 0 Å². The van der Waals surface area contributed by atoms with Gasteiger partial charge in [0.1, 0.15) is 0 Å². The maximum atomic E-state index is 11.9. The predicted molar refractivity (Wildman–Crippen MR) is 171 cm³/mol. The van der Waals surface area contributed by atoms with E-state index < -0.39 is 0 Å². The molecule has 0 aromatic heterocycles. The van der Waals surface area contributed by atoms with E-state index in [0.29, 0.717) is 26.1 Å². The minimum atomic E-state index is -0.0350. The first-order valence-electron chi connectivity index (χ1n) is 17.1. The van der Waals surface area contributed by atoms with Crippen molar-refractivity contribution in [3.63, 3.8) is 0 Å². The van der Waals surface area contributed by atoms with E-state index in [0.717, 1.165) is 50.0 Å². The molecule has 232 valence electrons. The van der Waals surface area contributed by atoms with Crippen molar-refractivity contribution in [3.8, 4) is 0 Å². The van der Waals surface area contributed by atoms with Crippen molar-refractivity contribution in [1.82, 2.24) is 0 Å². The molecule has 0 aliphatic carbocycles. The van der Waals surface area contributed by atoms with Gasteiger partial charge in [0.05, 0.1) is 13.2 Å². The van der Waals surface area contributed by atoms with Gasteiger partial charge in [-0.15, -0.1) is 0 Å². The summed E-state index contributed by atoms with van der Waals surface area (Å²) < 4.78 is 10.8. The largest absolute Gasteiger partial charge is 0.466 e. The van der Waals surface area contributed by atoms with Crippen LogP contribution in [0.15, 0.2) is 0 Å². The number of hydrogen-bond acceptors (Lipinski definition) is 5. The summed E-state index contributed by atoms with van der Waals surface area (Å²) in [5, 5.41) is 0. The van der Waals surface area contributed by atoms with Crippen molar-refractivity contribution >= 4 is 23.7 Å². The van der Waals surface area contributed by atoms with Gasteiger partial charge in [-0.3, -0.25) is 9.59 Å². The second-order valence-electron chi connectivity index (χ2n) is 11.3. The summed E-state index contributed by atoms with van der Waals surface area (Å²) in [6.45, 7) is 5.70. The Balaban J connectivity index is 3.24. The minimum absolute atomic E-state index is 0.0350. The monoisotopic (exact) mass is 570 g/mol. The van der Waals surface area contributed by atoms with E-state index >= 15 is 0 Å². The van der Waals surface area contributed by atoms with Crippen LogP contribution in [0.5, 0.6) is 0 Å². The highest BCUT2D eigenvalue weighted by atomic mass is 32.2. The lowest BCUT2D eigenvalue weighted by Gasteiger charge is -2.06. The summed E-state index contributed by atoms with van der Waals surface area (Å²) in [7, 11) is 0. The molecule has 5 heteroatoms. The average molecular weight is 571 g/mol. The Kier molecular flexibility index (Phi) is 32.9. The first kappa shape index (κ1) is 38.3. The smallest absolute Gasteiger partial charge is 0.305 e. The molecule has 0 aliphatic rings. The van der Waals surface area contributed by atoms with Gasteiger partial charge in [-0.2, -0.15) is 11.8 Å². The predicted octanol–water partition coefficient (Wildman–Crippen LogP) is 11.0. The van der Waals surface area contributed by atoms with Crippen LogP contribution in [0.2, 0.25) is 0 Å². The highest BCUT2D eigenvalue weighted by molar-refractivity contribution is 7.99. The van der Waals surface area contributed by atoms with Crippen molar-refractivity contribution in [2.24, 2.45) is 0 Å². The quantitative estimate of drug-likeness (QED) is 0.0594. The number of carbonyl (C=O) groups excluding carboxylic acids is 2. The Morgan fingerprint density at radius 2 is 0.718 bits per heavy atom. The molecule has 0 unspecified atom stereocenters. The van der Waals surface area contributed by atoms with E-state index in [-0.39, 0.29) is 11.9 Å². The van der Waals surface area contributed by atoms with Gasteiger partial charge in [-0.25, -0.2) is 0 Å². The van der Waals surface area contributed by atoms with Crippen LogP contribution in [-0.4, -0.2) is 36.7 Å². The normalized spacial score (nSPS) is 11.1. The second kappa shape index (κ2) is 33.5. The lowest BCUT2D eigenvalue weighted by atomic mass is 10.1. The molecule has 39 heavy (non-hydrogen) atoms. The van der Waals surface area contributed by atoms with Crippen LogP contribution in [0.1, 0.15) is 181 Å². The fourth-order valence-corrected chi connectivity index (χ4v) is 5.76. The van der Waals surface area contributed by atoms with Gasteiger partial charge in [-0.05, 0) is 50.0 Å². The Labute approximate surface area is 247 Å². The lowest BCUT2D eigenvalue weighted by molar-refractivity contribution is -0.144. The van der Waals surface area contributed by atoms with E-state index in [9.17, 15) is 9.59 Å². The van der Waals surface area contributed by atoms with Crippen molar-refractivity contribution in [2.75, 3.05) is 24.7 Å². The first-order valence-corrected chi connectivity index (χ1v) is 18.2. The van der Waals surface area contributed by atoms with Gasteiger partial charge >= 0.3 is 11.9 Å². The van der Waals surface area contributed by atoms with Crippen molar-refractivity contribution in [2.45, 2.75) is 181 Å². The molecule has 4 nitrogen and oxygen atoms in total. The van der Waals surface area contributed by atoms with Gasteiger partial charge in [0.2, 0.25) is 0 Å². The average Bonchev–Trinajstić information content (AvgIpc) is 2.93. The highest BCUT2D eigenvalue weighted by Crippen LogP contribution is 2.13. The molecule has 0 bridgehead atoms. The second-order valence-corrected chi connectivity index (χ2v) is 12.6. The van der Waals surface area contributed by atoms with Crippen LogP contribution in [0.3, 0.4) is 0 Å². The molecule has 0 N–H and O–H groups in total. The van der Waals surface area contributed by atoms with Gasteiger partial charge in [0.25, 0.3) is 0 Å². The van der Waals surface area contributed by atoms with E-state index in [1.54, 1.807) is 0 Å². The number of esters is 2. The fourth-order valence-electron chi connectivity index (χ4n) is 4.74. The van der Waals surface area contributed by atoms with Gasteiger partial charge in [-0.1, -0.05) is 129 Å². The number of hydrogen-bond donors (Lipinski definition) is 0. The molecule has 0 aliphatic heterocycles. The number of rotatable bonds is 32. The summed E-state index contributed by atoms with van der Waals surface area (Å²) in [5.74, 6) is 2.09. The van der Waals surface area contributed by atoms with Crippen molar-refractivity contribution < 1.29 is 19.1 Å². The molecule has 0 fully saturated rings. The lowest BCUT2D eigenvalue weighted by Crippen LogP contribution is -2.06. The summed E-state index contributed by atoms with van der Waals surface area (Å²) in [6.07, 6.45) is 31.0. The highest BCUT2D eigenvalue weighted by Gasteiger charge is 2.04. The van der Waals surface area contributed by atoms with Crippen LogP contribution in [0.4, 0.5) is 0 Å². The number of carbonyl (C=O) groups is 2. The SMILES string of the molecule is CCCCCCCCCCCCOC(=O)CCCCSCCCCC(=O)OCCCCCCCCCCCC. The minimum Gasteiger partial charge on any atom is -0.466 e. The molecule has 0 atom stereocenters.